The minimum absolute atomic E-state index is 0.0775. The lowest BCUT2D eigenvalue weighted by Crippen LogP contribution is -2.32. The number of hydrogen-bond donors (Lipinski definition) is 1. The molecule has 4 nitrogen and oxygen atoms in total. The van der Waals surface area contributed by atoms with Gasteiger partial charge in [0.05, 0.1) is 10.7 Å². The van der Waals surface area contributed by atoms with E-state index in [0.29, 0.717) is 21.5 Å². The number of ether oxygens (including phenoxy) is 1. The van der Waals surface area contributed by atoms with Crippen LogP contribution >= 0.6 is 23.2 Å². The van der Waals surface area contributed by atoms with Gasteiger partial charge >= 0.3 is 0 Å². The highest BCUT2D eigenvalue weighted by Gasteiger charge is 2.18. The van der Waals surface area contributed by atoms with Crippen LogP contribution in [-0.2, 0) is 4.79 Å². The number of amides is 1. The monoisotopic (exact) mass is 406 g/mol. The molecule has 0 spiro atoms. The number of benzene rings is 2. The fourth-order valence-electron chi connectivity index (χ4n) is 3.21. The van der Waals surface area contributed by atoms with Crippen molar-refractivity contribution < 1.29 is 9.53 Å². The fraction of sp³-hybridized carbons (Fsp3) is 0.381. The van der Waals surface area contributed by atoms with E-state index in [9.17, 15) is 4.79 Å². The van der Waals surface area contributed by atoms with E-state index < -0.39 is 0 Å². The average molecular weight is 407 g/mol. The molecule has 1 heterocycles. The lowest BCUT2D eigenvalue weighted by atomic mass is 9.99. The van der Waals surface area contributed by atoms with Crippen LogP contribution in [0.4, 0.5) is 11.4 Å². The third kappa shape index (κ3) is 5.30. The normalized spacial score (nSPS) is 14.9. The number of anilines is 2. The highest BCUT2D eigenvalue weighted by atomic mass is 35.5. The van der Waals surface area contributed by atoms with Gasteiger partial charge in [-0.15, -0.1) is 0 Å². The second-order valence-electron chi connectivity index (χ2n) is 7.08. The summed E-state index contributed by atoms with van der Waals surface area (Å²) in [5, 5.41) is 4.12. The van der Waals surface area contributed by atoms with Crippen LogP contribution in [0.25, 0.3) is 0 Å². The molecular weight excluding hydrogens is 383 g/mol. The van der Waals surface area contributed by atoms with Gasteiger partial charge in [-0.1, -0.05) is 30.1 Å². The molecule has 6 heteroatoms. The van der Waals surface area contributed by atoms with Crippen LogP contribution in [0.1, 0.15) is 25.3 Å². The summed E-state index contributed by atoms with van der Waals surface area (Å²) in [5.41, 5.74) is 2.57. The molecule has 27 heavy (non-hydrogen) atoms. The molecule has 1 N–H and O–H groups in total. The average Bonchev–Trinajstić information content (AvgIpc) is 2.62. The van der Waals surface area contributed by atoms with Crippen LogP contribution in [0, 0.1) is 12.8 Å². The number of carbonyl (C=O) groups excluding carboxylic acids is 1. The summed E-state index contributed by atoms with van der Waals surface area (Å²) in [7, 11) is 0. The number of piperidine rings is 1. The molecule has 0 atom stereocenters. The van der Waals surface area contributed by atoms with Crippen molar-refractivity contribution in [3.63, 3.8) is 0 Å². The Morgan fingerprint density at radius 1 is 1.19 bits per heavy atom. The Labute approximate surface area is 170 Å². The summed E-state index contributed by atoms with van der Waals surface area (Å²) >= 11 is 12.4. The number of aryl methyl sites for hydroxylation is 1. The van der Waals surface area contributed by atoms with Crippen molar-refractivity contribution in [2.75, 3.05) is 29.9 Å². The molecule has 1 amide bonds. The zero-order chi connectivity index (χ0) is 19.4. The van der Waals surface area contributed by atoms with E-state index in [0.717, 1.165) is 30.3 Å². The quantitative estimate of drug-likeness (QED) is 0.706. The van der Waals surface area contributed by atoms with E-state index in [1.165, 1.54) is 12.8 Å². The molecule has 0 aliphatic carbocycles. The van der Waals surface area contributed by atoms with Gasteiger partial charge in [-0.3, -0.25) is 4.79 Å². The van der Waals surface area contributed by atoms with Gasteiger partial charge in [0.25, 0.3) is 5.91 Å². The molecule has 3 rings (SSSR count). The predicted octanol–water partition coefficient (Wildman–Crippen LogP) is 5.56. The van der Waals surface area contributed by atoms with Crippen molar-refractivity contribution >= 4 is 40.5 Å². The maximum absolute atomic E-state index is 12.2. The highest BCUT2D eigenvalue weighted by Crippen LogP contribution is 2.31. The molecule has 1 aliphatic rings. The Balaban J connectivity index is 1.57. The Morgan fingerprint density at radius 3 is 2.59 bits per heavy atom. The first kappa shape index (κ1) is 19.8. The van der Waals surface area contributed by atoms with Crippen LogP contribution in [0.15, 0.2) is 36.4 Å². The lowest BCUT2D eigenvalue weighted by molar-refractivity contribution is -0.118. The molecule has 1 aliphatic heterocycles. The van der Waals surface area contributed by atoms with Gasteiger partial charge in [0.1, 0.15) is 5.75 Å². The summed E-state index contributed by atoms with van der Waals surface area (Å²) in [4.78, 5) is 14.5. The van der Waals surface area contributed by atoms with Crippen LogP contribution in [0.5, 0.6) is 5.75 Å². The zero-order valence-corrected chi connectivity index (χ0v) is 17.1. The topological polar surface area (TPSA) is 41.6 Å². The number of rotatable bonds is 5. The number of nitrogens with one attached hydrogen (secondary N) is 1. The predicted molar refractivity (Wildman–Crippen MR) is 112 cm³/mol. The molecule has 144 valence electrons. The molecular formula is C21H24Cl2N2O2. The third-order valence-electron chi connectivity index (χ3n) is 4.85. The Bertz CT molecular complexity index is 818. The van der Waals surface area contributed by atoms with Gasteiger partial charge in [-0.2, -0.15) is 0 Å². The van der Waals surface area contributed by atoms with E-state index >= 15 is 0 Å². The van der Waals surface area contributed by atoms with Crippen LogP contribution in [0.2, 0.25) is 10.0 Å². The summed E-state index contributed by atoms with van der Waals surface area (Å²) in [5.74, 6) is 1.17. The van der Waals surface area contributed by atoms with Crippen molar-refractivity contribution in [3.05, 3.63) is 52.0 Å². The molecule has 1 saturated heterocycles. The maximum atomic E-state index is 12.2. The highest BCUT2D eigenvalue weighted by molar-refractivity contribution is 6.33. The lowest BCUT2D eigenvalue weighted by Gasteiger charge is -2.32. The smallest absolute Gasteiger partial charge is 0.262 e. The van der Waals surface area contributed by atoms with E-state index in [4.69, 9.17) is 27.9 Å². The van der Waals surface area contributed by atoms with Crippen molar-refractivity contribution in [3.8, 4) is 5.75 Å². The molecule has 0 saturated carbocycles. The van der Waals surface area contributed by atoms with E-state index in [2.05, 4.69) is 17.1 Å². The Kier molecular flexibility index (Phi) is 6.51. The minimum atomic E-state index is -0.236. The van der Waals surface area contributed by atoms with Crippen molar-refractivity contribution in [1.29, 1.82) is 0 Å². The summed E-state index contributed by atoms with van der Waals surface area (Å²) < 4.78 is 5.57. The van der Waals surface area contributed by atoms with Crippen LogP contribution < -0.4 is 15.0 Å². The van der Waals surface area contributed by atoms with E-state index in [-0.39, 0.29) is 12.5 Å². The summed E-state index contributed by atoms with van der Waals surface area (Å²) in [6, 6.07) is 10.9. The molecule has 0 aromatic heterocycles. The second kappa shape index (κ2) is 8.85. The second-order valence-corrected chi connectivity index (χ2v) is 7.93. The molecule has 2 aromatic carbocycles. The first-order valence-corrected chi connectivity index (χ1v) is 9.91. The summed E-state index contributed by atoms with van der Waals surface area (Å²) in [6.45, 7) is 6.12. The Hall–Kier alpha value is -1.91. The molecule has 2 aromatic rings. The van der Waals surface area contributed by atoms with Gasteiger partial charge in [-0.05, 0) is 67.6 Å². The first-order chi connectivity index (χ1) is 12.9. The number of carbonyl (C=O) groups is 1. The molecule has 0 unspecified atom stereocenters. The van der Waals surface area contributed by atoms with Crippen molar-refractivity contribution in [2.45, 2.75) is 26.7 Å². The van der Waals surface area contributed by atoms with Crippen molar-refractivity contribution in [1.82, 2.24) is 0 Å². The maximum Gasteiger partial charge on any atom is 0.262 e. The first-order valence-electron chi connectivity index (χ1n) is 9.15. The van der Waals surface area contributed by atoms with Gasteiger partial charge in [0.2, 0.25) is 0 Å². The van der Waals surface area contributed by atoms with Crippen LogP contribution in [-0.4, -0.2) is 25.6 Å². The van der Waals surface area contributed by atoms with Gasteiger partial charge in [-0.25, -0.2) is 0 Å². The van der Waals surface area contributed by atoms with Gasteiger partial charge in [0.15, 0.2) is 6.61 Å². The Morgan fingerprint density at radius 2 is 1.93 bits per heavy atom. The SMILES string of the molecule is Cc1cc(Cl)ccc1OCC(=O)Nc1ccc(N2CCC(C)CC2)c(Cl)c1. The van der Waals surface area contributed by atoms with E-state index in [1.54, 1.807) is 24.3 Å². The van der Waals surface area contributed by atoms with Crippen molar-refractivity contribution in [2.24, 2.45) is 5.92 Å². The molecule has 0 radical (unpaired) electrons. The number of nitrogens with zero attached hydrogens (tertiary/aromatic N) is 1. The number of halogens is 2. The molecule has 0 bridgehead atoms. The number of hydrogen-bond acceptors (Lipinski definition) is 3. The van der Waals surface area contributed by atoms with Crippen LogP contribution in [0.3, 0.4) is 0 Å². The van der Waals surface area contributed by atoms with E-state index in [1.807, 2.05) is 19.1 Å². The van der Waals surface area contributed by atoms with Gasteiger partial charge < -0.3 is 15.0 Å². The van der Waals surface area contributed by atoms with Gasteiger partial charge in [0, 0.05) is 23.8 Å². The fourth-order valence-corrected chi connectivity index (χ4v) is 3.73. The zero-order valence-electron chi connectivity index (χ0n) is 15.6. The standard InChI is InChI=1S/C21H24Cl2N2O2/c1-14-7-9-25(10-8-14)19-5-4-17(12-18(19)23)24-21(26)13-27-20-6-3-16(22)11-15(20)2/h3-6,11-12,14H,7-10,13H2,1-2H3,(H,24,26). The summed E-state index contributed by atoms with van der Waals surface area (Å²) in [6.07, 6.45) is 2.35. The minimum Gasteiger partial charge on any atom is -0.483 e. The largest absolute Gasteiger partial charge is 0.483 e. The third-order valence-corrected chi connectivity index (χ3v) is 5.39. The molecule has 1 fully saturated rings.